The van der Waals surface area contributed by atoms with Gasteiger partial charge >= 0.3 is 0 Å². The van der Waals surface area contributed by atoms with Gasteiger partial charge in [-0.1, -0.05) is 63.8 Å². The quantitative estimate of drug-likeness (QED) is 0.606. The molecular formula is C15H23Cl. The molecule has 1 atom stereocenters. The molecule has 0 aliphatic carbocycles. The summed E-state index contributed by atoms with van der Waals surface area (Å²) < 4.78 is 0. The molecule has 0 aliphatic rings. The zero-order valence-electron chi connectivity index (χ0n) is 10.7. The summed E-state index contributed by atoms with van der Waals surface area (Å²) in [5.74, 6) is 0. The summed E-state index contributed by atoms with van der Waals surface area (Å²) in [6.07, 6.45) is 6.35. The van der Waals surface area contributed by atoms with Crippen molar-refractivity contribution < 1.29 is 0 Å². The summed E-state index contributed by atoms with van der Waals surface area (Å²) in [5, 5.41) is 0.832. The number of halogens is 1. The van der Waals surface area contributed by atoms with Crippen LogP contribution in [-0.2, 0) is 5.41 Å². The van der Waals surface area contributed by atoms with E-state index in [0.29, 0.717) is 5.41 Å². The largest absolute Gasteiger partial charge is 0.0843 e. The maximum Gasteiger partial charge on any atom is 0.0406 e. The van der Waals surface area contributed by atoms with Crippen LogP contribution in [0.1, 0.15) is 58.4 Å². The molecule has 0 N–H and O–H groups in total. The van der Waals surface area contributed by atoms with Crippen molar-refractivity contribution in [3.8, 4) is 0 Å². The Morgan fingerprint density at radius 2 is 1.62 bits per heavy atom. The first kappa shape index (κ1) is 13.6. The highest BCUT2D eigenvalue weighted by Gasteiger charge is 2.24. The SMILES string of the molecule is CCCCC(C)(CCC)c1ccc(Cl)cc1. The molecular weight excluding hydrogens is 216 g/mol. The molecule has 1 unspecified atom stereocenters. The lowest BCUT2D eigenvalue weighted by Crippen LogP contribution is -2.21. The molecule has 0 aliphatic heterocycles. The van der Waals surface area contributed by atoms with Crippen LogP contribution in [0, 0.1) is 0 Å². The number of unbranched alkanes of at least 4 members (excludes halogenated alkanes) is 1. The van der Waals surface area contributed by atoms with Gasteiger partial charge in [0.2, 0.25) is 0 Å². The topological polar surface area (TPSA) is 0 Å². The molecule has 1 heteroatoms. The second kappa shape index (κ2) is 6.30. The summed E-state index contributed by atoms with van der Waals surface area (Å²) in [5.41, 5.74) is 1.77. The van der Waals surface area contributed by atoms with E-state index in [1.165, 1.54) is 37.7 Å². The van der Waals surface area contributed by atoms with E-state index >= 15 is 0 Å². The highest BCUT2D eigenvalue weighted by Crippen LogP contribution is 2.34. The molecule has 0 nitrogen and oxygen atoms in total. The highest BCUT2D eigenvalue weighted by molar-refractivity contribution is 6.30. The Morgan fingerprint density at radius 1 is 1.00 bits per heavy atom. The number of hydrogen-bond donors (Lipinski definition) is 0. The van der Waals surface area contributed by atoms with Crippen LogP contribution in [0.5, 0.6) is 0 Å². The van der Waals surface area contributed by atoms with Crippen molar-refractivity contribution >= 4 is 11.6 Å². The Balaban J connectivity index is 2.86. The monoisotopic (exact) mass is 238 g/mol. The van der Waals surface area contributed by atoms with Crippen molar-refractivity contribution in [2.75, 3.05) is 0 Å². The Morgan fingerprint density at radius 3 is 2.12 bits per heavy atom. The van der Waals surface area contributed by atoms with E-state index in [0.717, 1.165) is 5.02 Å². The fourth-order valence-electron chi connectivity index (χ4n) is 2.38. The lowest BCUT2D eigenvalue weighted by atomic mass is 9.75. The van der Waals surface area contributed by atoms with Crippen LogP contribution in [0.2, 0.25) is 5.02 Å². The fraction of sp³-hybridized carbons (Fsp3) is 0.600. The average Bonchev–Trinajstić information content (AvgIpc) is 2.27. The van der Waals surface area contributed by atoms with Crippen LogP contribution in [0.4, 0.5) is 0 Å². The van der Waals surface area contributed by atoms with Crippen molar-refractivity contribution in [2.24, 2.45) is 0 Å². The van der Waals surface area contributed by atoms with Crippen molar-refractivity contribution in [3.63, 3.8) is 0 Å². The van der Waals surface area contributed by atoms with Gasteiger partial charge in [-0.3, -0.25) is 0 Å². The van der Waals surface area contributed by atoms with Crippen molar-refractivity contribution in [1.82, 2.24) is 0 Å². The van der Waals surface area contributed by atoms with Gasteiger partial charge in [0.05, 0.1) is 0 Å². The average molecular weight is 239 g/mol. The van der Waals surface area contributed by atoms with Crippen molar-refractivity contribution in [3.05, 3.63) is 34.9 Å². The van der Waals surface area contributed by atoms with Gasteiger partial charge in [0.1, 0.15) is 0 Å². The maximum atomic E-state index is 5.94. The van der Waals surface area contributed by atoms with E-state index in [1.807, 2.05) is 12.1 Å². The molecule has 1 aromatic rings. The first-order valence-electron chi connectivity index (χ1n) is 6.38. The first-order valence-corrected chi connectivity index (χ1v) is 6.76. The van der Waals surface area contributed by atoms with E-state index < -0.39 is 0 Å². The van der Waals surface area contributed by atoms with Crippen LogP contribution < -0.4 is 0 Å². The van der Waals surface area contributed by atoms with Crippen LogP contribution >= 0.6 is 11.6 Å². The van der Waals surface area contributed by atoms with Gasteiger partial charge in [0.25, 0.3) is 0 Å². The zero-order chi connectivity index (χ0) is 12.0. The van der Waals surface area contributed by atoms with E-state index in [4.69, 9.17) is 11.6 Å². The normalized spacial score (nSPS) is 14.8. The van der Waals surface area contributed by atoms with Gasteiger partial charge < -0.3 is 0 Å². The van der Waals surface area contributed by atoms with Gasteiger partial charge in [0, 0.05) is 5.02 Å². The van der Waals surface area contributed by atoms with Gasteiger partial charge in [-0.05, 0) is 36.0 Å². The summed E-state index contributed by atoms with van der Waals surface area (Å²) >= 11 is 5.94. The molecule has 0 saturated heterocycles. The molecule has 16 heavy (non-hydrogen) atoms. The van der Waals surface area contributed by atoms with Gasteiger partial charge in [-0.15, -0.1) is 0 Å². The van der Waals surface area contributed by atoms with E-state index in [9.17, 15) is 0 Å². The Hall–Kier alpha value is -0.490. The van der Waals surface area contributed by atoms with E-state index in [-0.39, 0.29) is 0 Å². The first-order chi connectivity index (χ1) is 7.62. The predicted octanol–water partition coefficient (Wildman–Crippen LogP) is 5.59. The molecule has 0 spiro atoms. The fourth-order valence-corrected chi connectivity index (χ4v) is 2.51. The molecule has 0 aromatic heterocycles. The third-order valence-corrected chi connectivity index (χ3v) is 3.68. The van der Waals surface area contributed by atoms with Crippen LogP contribution in [0.15, 0.2) is 24.3 Å². The van der Waals surface area contributed by atoms with Gasteiger partial charge in [0.15, 0.2) is 0 Å². The van der Waals surface area contributed by atoms with E-state index in [1.54, 1.807) is 0 Å². The number of rotatable bonds is 6. The smallest absolute Gasteiger partial charge is 0.0406 e. The molecule has 0 heterocycles. The minimum Gasteiger partial charge on any atom is -0.0843 e. The molecule has 0 bridgehead atoms. The van der Waals surface area contributed by atoms with Crippen molar-refractivity contribution in [2.45, 2.75) is 58.3 Å². The van der Waals surface area contributed by atoms with Crippen LogP contribution in [0.3, 0.4) is 0 Å². The molecule has 0 fully saturated rings. The third kappa shape index (κ3) is 3.52. The van der Waals surface area contributed by atoms with Crippen LogP contribution in [0.25, 0.3) is 0 Å². The van der Waals surface area contributed by atoms with E-state index in [2.05, 4.69) is 32.9 Å². The van der Waals surface area contributed by atoms with Gasteiger partial charge in [-0.25, -0.2) is 0 Å². The summed E-state index contributed by atoms with van der Waals surface area (Å²) in [4.78, 5) is 0. The van der Waals surface area contributed by atoms with Crippen molar-refractivity contribution in [1.29, 1.82) is 0 Å². The standard InChI is InChI=1S/C15H23Cl/c1-4-6-12-15(3,11-5-2)13-7-9-14(16)10-8-13/h7-10H,4-6,11-12H2,1-3H3. The molecule has 1 aromatic carbocycles. The molecule has 90 valence electrons. The molecule has 0 saturated carbocycles. The summed E-state index contributed by atoms with van der Waals surface area (Å²) in [7, 11) is 0. The lowest BCUT2D eigenvalue weighted by Gasteiger charge is -2.30. The Labute approximate surface area is 105 Å². The second-order valence-corrected chi connectivity index (χ2v) is 5.36. The predicted molar refractivity (Wildman–Crippen MR) is 73.2 cm³/mol. The maximum absolute atomic E-state index is 5.94. The zero-order valence-corrected chi connectivity index (χ0v) is 11.5. The van der Waals surface area contributed by atoms with Gasteiger partial charge in [-0.2, -0.15) is 0 Å². The Bertz CT molecular complexity index is 302. The third-order valence-electron chi connectivity index (χ3n) is 3.43. The highest BCUT2D eigenvalue weighted by atomic mass is 35.5. The number of hydrogen-bond acceptors (Lipinski definition) is 0. The van der Waals surface area contributed by atoms with Crippen LogP contribution in [-0.4, -0.2) is 0 Å². The summed E-state index contributed by atoms with van der Waals surface area (Å²) in [6, 6.07) is 8.40. The molecule has 0 radical (unpaired) electrons. The second-order valence-electron chi connectivity index (χ2n) is 4.92. The molecule has 1 rings (SSSR count). The lowest BCUT2D eigenvalue weighted by molar-refractivity contribution is 0.383. The minimum atomic E-state index is 0.329. The number of benzene rings is 1. The molecule has 0 amide bonds. The summed E-state index contributed by atoms with van der Waals surface area (Å²) in [6.45, 7) is 6.91. The minimum absolute atomic E-state index is 0.329. The Kier molecular flexibility index (Phi) is 5.34.